The molecular weight excluding hydrogens is 326 g/mol. The number of carbonyl (C=O) groups is 2. The molecule has 2 aromatic carbocycles. The van der Waals surface area contributed by atoms with E-state index in [-0.39, 0.29) is 60.3 Å². The summed E-state index contributed by atoms with van der Waals surface area (Å²) in [6.07, 6.45) is 0. The average molecular weight is 338 g/mol. The Morgan fingerprint density at radius 3 is 1.42 bits per heavy atom. The molecule has 10 heteroatoms. The number of carboxylic acid groups (broad SMARTS) is 2. The second kappa shape index (κ2) is 10.2. The van der Waals surface area contributed by atoms with E-state index in [0.717, 1.165) is 0 Å². The SMILES string of the molecule is O=C(O)c1ccccc1OS(=O)Oc1ccccc1C(=O)O.[LiH].[LiH]. The third-order valence-electron chi connectivity index (χ3n) is 2.55. The molecule has 0 bridgehead atoms. The van der Waals surface area contributed by atoms with Gasteiger partial charge in [-0.1, -0.05) is 24.3 Å². The second-order valence-electron chi connectivity index (χ2n) is 3.97. The van der Waals surface area contributed by atoms with Crippen LogP contribution in [0, 0.1) is 0 Å². The third kappa shape index (κ3) is 5.75. The van der Waals surface area contributed by atoms with Crippen LogP contribution in [0.5, 0.6) is 11.5 Å². The zero-order valence-electron chi connectivity index (χ0n) is 11.0. The number of carboxylic acids is 2. The van der Waals surface area contributed by atoms with Crippen LogP contribution in [0.4, 0.5) is 0 Å². The number of aromatic carboxylic acids is 2. The molecule has 0 aliphatic heterocycles. The first-order chi connectivity index (χ1) is 10.5. The number of rotatable bonds is 6. The van der Waals surface area contributed by atoms with Crippen LogP contribution in [0.2, 0.25) is 0 Å². The molecule has 0 radical (unpaired) electrons. The van der Waals surface area contributed by atoms with Crippen LogP contribution < -0.4 is 8.37 Å². The molecule has 2 rings (SSSR count). The Morgan fingerprint density at radius 2 is 1.08 bits per heavy atom. The summed E-state index contributed by atoms with van der Waals surface area (Å²) in [5.74, 6) is -2.81. The summed E-state index contributed by atoms with van der Waals surface area (Å²) >= 11 is -2.40. The Hall–Kier alpha value is -1.68. The monoisotopic (exact) mass is 338 g/mol. The van der Waals surface area contributed by atoms with Crippen molar-refractivity contribution >= 4 is 61.0 Å². The van der Waals surface area contributed by atoms with Crippen molar-refractivity contribution in [2.75, 3.05) is 0 Å². The molecule has 0 saturated heterocycles. The van der Waals surface area contributed by atoms with Gasteiger partial charge in [0.2, 0.25) is 0 Å². The molecule has 0 amide bonds. The molecule has 0 spiro atoms. The maximum atomic E-state index is 11.8. The van der Waals surface area contributed by atoms with Crippen molar-refractivity contribution < 1.29 is 32.4 Å². The van der Waals surface area contributed by atoms with E-state index in [1.54, 1.807) is 0 Å². The van der Waals surface area contributed by atoms with Gasteiger partial charge >= 0.3 is 61.0 Å². The van der Waals surface area contributed by atoms with Gasteiger partial charge in [-0.3, -0.25) is 0 Å². The Morgan fingerprint density at radius 1 is 0.750 bits per heavy atom. The molecule has 2 N–H and O–H groups in total. The fraction of sp³-hybridized carbons (Fsp3) is 0. The van der Waals surface area contributed by atoms with E-state index in [0.29, 0.717) is 0 Å². The molecule has 0 aliphatic carbocycles. The van der Waals surface area contributed by atoms with Crippen molar-refractivity contribution in [3.63, 3.8) is 0 Å². The minimum absolute atomic E-state index is 0. The molecular formula is C14H12Li2O7S. The van der Waals surface area contributed by atoms with E-state index < -0.39 is 23.3 Å². The molecule has 0 atom stereocenters. The fourth-order valence-electron chi connectivity index (χ4n) is 1.60. The summed E-state index contributed by atoms with van der Waals surface area (Å²) in [6, 6.07) is 11.2. The van der Waals surface area contributed by atoms with E-state index in [4.69, 9.17) is 18.6 Å². The zero-order chi connectivity index (χ0) is 16.1. The van der Waals surface area contributed by atoms with E-state index in [1.165, 1.54) is 48.5 Å². The molecule has 24 heavy (non-hydrogen) atoms. The van der Waals surface area contributed by atoms with Gasteiger partial charge in [0, 0.05) is 0 Å². The molecule has 0 unspecified atom stereocenters. The third-order valence-corrected chi connectivity index (χ3v) is 3.18. The van der Waals surface area contributed by atoms with Crippen LogP contribution >= 0.6 is 0 Å². The molecule has 7 nitrogen and oxygen atoms in total. The van der Waals surface area contributed by atoms with E-state index in [2.05, 4.69) is 0 Å². The minimum atomic E-state index is -2.40. The number of para-hydroxylation sites is 2. The zero-order valence-corrected chi connectivity index (χ0v) is 11.8. The molecule has 0 heterocycles. The topological polar surface area (TPSA) is 110 Å². The van der Waals surface area contributed by atoms with E-state index >= 15 is 0 Å². The van der Waals surface area contributed by atoms with Crippen LogP contribution in [0.25, 0.3) is 0 Å². The first-order valence-electron chi connectivity index (χ1n) is 5.92. The van der Waals surface area contributed by atoms with Gasteiger partial charge < -0.3 is 18.6 Å². The van der Waals surface area contributed by atoms with Gasteiger partial charge in [0.05, 0.1) is 0 Å². The molecule has 2 aromatic rings. The van der Waals surface area contributed by atoms with Gasteiger partial charge in [-0.2, -0.15) is 4.21 Å². The van der Waals surface area contributed by atoms with Crippen molar-refractivity contribution in [1.82, 2.24) is 0 Å². The number of hydrogen-bond acceptors (Lipinski definition) is 5. The predicted molar refractivity (Wildman–Crippen MR) is 90.5 cm³/mol. The summed E-state index contributed by atoms with van der Waals surface area (Å²) in [7, 11) is 0. The molecule has 0 fully saturated rings. The predicted octanol–water partition coefficient (Wildman–Crippen LogP) is 0.822. The Kier molecular flexibility index (Phi) is 9.53. The Labute approximate surface area is 164 Å². The van der Waals surface area contributed by atoms with Crippen molar-refractivity contribution in [3.05, 3.63) is 59.7 Å². The quantitative estimate of drug-likeness (QED) is 0.750. The van der Waals surface area contributed by atoms with Gasteiger partial charge in [0.1, 0.15) is 11.1 Å². The van der Waals surface area contributed by atoms with Crippen LogP contribution in [-0.2, 0) is 11.4 Å². The summed E-state index contributed by atoms with van der Waals surface area (Å²) < 4.78 is 21.7. The molecule has 0 aliphatic rings. The summed E-state index contributed by atoms with van der Waals surface area (Å²) in [4.78, 5) is 22.0. The standard InChI is InChI=1S/C14H10O7S.2Li.2H/c15-13(16)9-5-1-3-7-11(9)20-22(19)21-12-8-4-2-6-10(12)14(17)18;;;;/h1-8H,(H,15,16)(H,17,18);;;;. The van der Waals surface area contributed by atoms with Crippen molar-refractivity contribution in [3.8, 4) is 11.5 Å². The van der Waals surface area contributed by atoms with Gasteiger partial charge in [-0.15, -0.1) is 0 Å². The number of benzene rings is 2. The molecule has 0 saturated carbocycles. The fourth-order valence-corrected chi connectivity index (χ4v) is 2.21. The van der Waals surface area contributed by atoms with Crippen LogP contribution in [-0.4, -0.2) is 64.1 Å². The summed E-state index contributed by atoms with van der Waals surface area (Å²) in [6.45, 7) is 0. The Bertz CT molecular complexity index is 690. The van der Waals surface area contributed by atoms with E-state index in [9.17, 15) is 13.8 Å². The second-order valence-corrected chi connectivity index (χ2v) is 4.71. The first kappa shape index (κ1) is 22.3. The van der Waals surface area contributed by atoms with Crippen LogP contribution in [0.15, 0.2) is 48.5 Å². The van der Waals surface area contributed by atoms with Gasteiger partial charge in [0.25, 0.3) is 0 Å². The molecule has 118 valence electrons. The van der Waals surface area contributed by atoms with Crippen molar-refractivity contribution in [1.29, 1.82) is 0 Å². The summed E-state index contributed by atoms with van der Waals surface area (Å²) in [5, 5.41) is 18.0. The van der Waals surface area contributed by atoms with E-state index in [1.807, 2.05) is 0 Å². The van der Waals surface area contributed by atoms with Gasteiger partial charge in [-0.05, 0) is 24.3 Å². The average Bonchev–Trinajstić information content (AvgIpc) is 2.47. The van der Waals surface area contributed by atoms with Gasteiger partial charge in [0.15, 0.2) is 11.5 Å². The normalized spacial score (nSPS) is 9.38. The van der Waals surface area contributed by atoms with Crippen molar-refractivity contribution in [2.24, 2.45) is 0 Å². The van der Waals surface area contributed by atoms with Crippen LogP contribution in [0.1, 0.15) is 20.7 Å². The number of hydrogen-bond donors (Lipinski definition) is 2. The first-order valence-corrected chi connectivity index (χ1v) is 6.92. The van der Waals surface area contributed by atoms with Crippen LogP contribution in [0.3, 0.4) is 0 Å². The van der Waals surface area contributed by atoms with Gasteiger partial charge in [-0.25, -0.2) is 9.59 Å². The summed E-state index contributed by atoms with van der Waals surface area (Å²) in [5.41, 5.74) is -0.378. The Balaban J connectivity index is 0.00000264. The van der Waals surface area contributed by atoms with Crippen molar-refractivity contribution in [2.45, 2.75) is 0 Å². The molecule has 0 aromatic heterocycles. The maximum absolute atomic E-state index is 11.8.